The van der Waals surface area contributed by atoms with Crippen molar-refractivity contribution >= 4 is 27.5 Å². The average molecular weight is 403 g/mol. The quantitative estimate of drug-likeness (QED) is 0.722. The maximum absolute atomic E-state index is 13.1. The zero-order valence-electron chi connectivity index (χ0n) is 16.0. The molecule has 1 N–H and O–H groups in total. The van der Waals surface area contributed by atoms with Gasteiger partial charge in [-0.25, -0.2) is 18.7 Å². The van der Waals surface area contributed by atoms with Crippen LogP contribution >= 0.6 is 11.3 Å². The van der Waals surface area contributed by atoms with Gasteiger partial charge in [-0.1, -0.05) is 11.3 Å². The van der Waals surface area contributed by atoms with Crippen LogP contribution < -0.4 is 10.2 Å². The smallest absolute Gasteiger partial charge is 0.407 e. The molecule has 0 saturated carbocycles. The molecule has 1 fully saturated rings. The number of imidazole rings is 1. The first kappa shape index (κ1) is 18.7. The van der Waals surface area contributed by atoms with Crippen LogP contribution in [-0.2, 0) is 4.74 Å². The summed E-state index contributed by atoms with van der Waals surface area (Å²) < 4.78 is 20.2. The third-order valence-electron chi connectivity index (χ3n) is 4.35. The van der Waals surface area contributed by atoms with Gasteiger partial charge in [-0.2, -0.15) is 0 Å². The number of hydrogen-bond donors (Lipinski definition) is 1. The zero-order valence-corrected chi connectivity index (χ0v) is 16.8. The Morgan fingerprint density at radius 2 is 2.07 bits per heavy atom. The molecule has 9 heteroatoms. The van der Waals surface area contributed by atoms with Crippen molar-refractivity contribution in [3.8, 4) is 11.3 Å². The second kappa shape index (κ2) is 7.05. The number of nitrogens with zero attached hydrogens (tertiary/aromatic N) is 4. The standard InChI is InChI=1S/C19H22FN5O2S/c1-19(2,3)27-18(26)21-14-8-9-24(10-14)17-23-25-11-15(22-16(25)28-17)12-4-6-13(20)7-5-12/h4-7,11,14H,8-10H2,1-3H3,(H,21,26). The number of hydrogen-bond acceptors (Lipinski definition) is 6. The van der Waals surface area contributed by atoms with Crippen molar-refractivity contribution in [3.05, 3.63) is 36.3 Å². The van der Waals surface area contributed by atoms with E-state index in [1.165, 1.54) is 23.5 Å². The van der Waals surface area contributed by atoms with Crippen molar-refractivity contribution in [1.29, 1.82) is 0 Å². The molecule has 28 heavy (non-hydrogen) atoms. The molecule has 0 bridgehead atoms. The number of halogens is 1. The molecule has 1 aliphatic rings. The summed E-state index contributed by atoms with van der Waals surface area (Å²) in [5, 5.41) is 8.39. The lowest BCUT2D eigenvalue weighted by atomic mass is 10.2. The van der Waals surface area contributed by atoms with E-state index in [2.05, 4.69) is 20.3 Å². The number of amides is 1. The van der Waals surface area contributed by atoms with Crippen LogP contribution in [0.5, 0.6) is 0 Å². The second-order valence-electron chi connectivity index (χ2n) is 7.82. The first-order valence-electron chi connectivity index (χ1n) is 9.13. The molecule has 148 valence electrons. The Morgan fingerprint density at radius 3 is 2.75 bits per heavy atom. The minimum Gasteiger partial charge on any atom is -0.444 e. The summed E-state index contributed by atoms with van der Waals surface area (Å²) in [6, 6.07) is 6.28. The normalized spacial score (nSPS) is 17.3. The summed E-state index contributed by atoms with van der Waals surface area (Å²) in [7, 11) is 0. The van der Waals surface area contributed by atoms with Crippen LogP contribution in [0.15, 0.2) is 30.5 Å². The van der Waals surface area contributed by atoms with Gasteiger partial charge in [0, 0.05) is 18.7 Å². The van der Waals surface area contributed by atoms with Crippen LogP contribution in [0.1, 0.15) is 27.2 Å². The summed E-state index contributed by atoms with van der Waals surface area (Å²) in [4.78, 5) is 19.5. The van der Waals surface area contributed by atoms with E-state index < -0.39 is 11.7 Å². The fraction of sp³-hybridized carbons (Fsp3) is 0.421. The predicted octanol–water partition coefficient (Wildman–Crippen LogP) is 3.70. The van der Waals surface area contributed by atoms with E-state index in [-0.39, 0.29) is 11.9 Å². The number of carbonyl (C=O) groups excluding carboxylic acids is 1. The molecule has 1 aromatic carbocycles. The number of alkyl carbamates (subject to hydrolysis) is 1. The van der Waals surface area contributed by atoms with Crippen molar-refractivity contribution in [2.24, 2.45) is 0 Å². The first-order chi connectivity index (χ1) is 13.3. The van der Waals surface area contributed by atoms with E-state index in [1.807, 2.05) is 27.0 Å². The predicted molar refractivity (Wildman–Crippen MR) is 106 cm³/mol. The van der Waals surface area contributed by atoms with Crippen LogP contribution in [-0.4, -0.2) is 45.4 Å². The molecule has 1 amide bonds. The fourth-order valence-corrected chi connectivity index (χ4v) is 4.02. The van der Waals surface area contributed by atoms with Gasteiger partial charge in [-0.3, -0.25) is 0 Å². The van der Waals surface area contributed by atoms with Crippen LogP contribution in [0.2, 0.25) is 0 Å². The molecule has 0 radical (unpaired) electrons. The molecule has 1 unspecified atom stereocenters. The van der Waals surface area contributed by atoms with Crippen molar-refractivity contribution in [1.82, 2.24) is 19.9 Å². The second-order valence-corrected chi connectivity index (χ2v) is 8.76. The number of anilines is 1. The largest absolute Gasteiger partial charge is 0.444 e. The molecule has 4 rings (SSSR count). The van der Waals surface area contributed by atoms with Gasteiger partial charge in [0.2, 0.25) is 10.1 Å². The van der Waals surface area contributed by atoms with E-state index in [9.17, 15) is 9.18 Å². The molecule has 2 aromatic heterocycles. The van der Waals surface area contributed by atoms with E-state index in [0.717, 1.165) is 34.3 Å². The maximum atomic E-state index is 13.1. The summed E-state index contributed by atoms with van der Waals surface area (Å²) in [5.74, 6) is -0.270. The van der Waals surface area contributed by atoms with Crippen LogP contribution in [0.4, 0.5) is 14.3 Å². The van der Waals surface area contributed by atoms with Gasteiger partial charge in [0.15, 0.2) is 0 Å². The number of carbonyl (C=O) groups is 1. The Morgan fingerprint density at radius 1 is 1.32 bits per heavy atom. The highest BCUT2D eigenvalue weighted by Crippen LogP contribution is 2.29. The third-order valence-corrected chi connectivity index (χ3v) is 5.34. The van der Waals surface area contributed by atoms with Crippen molar-refractivity contribution in [3.63, 3.8) is 0 Å². The minimum absolute atomic E-state index is 0.0286. The van der Waals surface area contributed by atoms with Gasteiger partial charge in [0.1, 0.15) is 11.4 Å². The van der Waals surface area contributed by atoms with E-state index >= 15 is 0 Å². The summed E-state index contributed by atoms with van der Waals surface area (Å²) in [6.45, 7) is 7.03. The lowest BCUT2D eigenvalue weighted by Gasteiger charge is -2.21. The lowest BCUT2D eigenvalue weighted by Crippen LogP contribution is -2.40. The fourth-order valence-electron chi connectivity index (χ4n) is 3.10. The van der Waals surface area contributed by atoms with E-state index in [1.54, 1.807) is 16.6 Å². The molecular formula is C19H22FN5O2S. The molecule has 1 atom stereocenters. The van der Waals surface area contributed by atoms with Crippen molar-refractivity contribution in [2.45, 2.75) is 38.8 Å². The molecule has 0 aliphatic carbocycles. The number of nitrogens with one attached hydrogen (secondary N) is 1. The van der Waals surface area contributed by atoms with Gasteiger partial charge in [0.05, 0.1) is 17.9 Å². The number of rotatable bonds is 3. The molecule has 0 spiro atoms. The van der Waals surface area contributed by atoms with E-state index in [4.69, 9.17) is 4.74 Å². The van der Waals surface area contributed by atoms with Gasteiger partial charge in [0.25, 0.3) is 0 Å². The van der Waals surface area contributed by atoms with Crippen molar-refractivity contribution < 1.29 is 13.9 Å². The van der Waals surface area contributed by atoms with Gasteiger partial charge in [-0.15, -0.1) is 5.10 Å². The van der Waals surface area contributed by atoms with E-state index in [0.29, 0.717) is 6.54 Å². The average Bonchev–Trinajstić information content (AvgIpc) is 3.27. The first-order valence-corrected chi connectivity index (χ1v) is 9.95. The number of fused-ring (bicyclic) bond motifs is 1. The monoisotopic (exact) mass is 403 g/mol. The van der Waals surface area contributed by atoms with Gasteiger partial charge < -0.3 is 15.0 Å². The Kier molecular flexibility index (Phi) is 4.70. The number of benzene rings is 1. The third kappa shape index (κ3) is 4.09. The SMILES string of the molecule is CC(C)(C)OC(=O)NC1CCN(c2nn3cc(-c4ccc(F)cc4)nc3s2)C1. The Labute approximate surface area is 166 Å². The topological polar surface area (TPSA) is 71.8 Å². The highest BCUT2D eigenvalue weighted by Gasteiger charge is 2.28. The van der Waals surface area contributed by atoms with Crippen LogP contribution in [0.3, 0.4) is 0 Å². The van der Waals surface area contributed by atoms with Gasteiger partial charge in [-0.05, 0) is 51.5 Å². The molecule has 3 heterocycles. The van der Waals surface area contributed by atoms with Crippen LogP contribution in [0.25, 0.3) is 16.2 Å². The summed E-state index contributed by atoms with van der Waals surface area (Å²) in [6.07, 6.45) is 2.29. The van der Waals surface area contributed by atoms with Crippen molar-refractivity contribution in [2.75, 3.05) is 18.0 Å². The van der Waals surface area contributed by atoms with Crippen LogP contribution in [0, 0.1) is 5.82 Å². The molecule has 1 aliphatic heterocycles. The van der Waals surface area contributed by atoms with Gasteiger partial charge >= 0.3 is 6.09 Å². The zero-order chi connectivity index (χ0) is 19.9. The molecular weight excluding hydrogens is 381 g/mol. The molecule has 3 aromatic rings. The highest BCUT2D eigenvalue weighted by molar-refractivity contribution is 7.20. The summed E-state index contributed by atoms with van der Waals surface area (Å²) in [5.41, 5.74) is 1.10. The highest BCUT2D eigenvalue weighted by atomic mass is 32.1. The Balaban J connectivity index is 1.42. The minimum atomic E-state index is -0.509. The Hall–Kier alpha value is -2.68. The molecule has 7 nitrogen and oxygen atoms in total. The lowest BCUT2D eigenvalue weighted by molar-refractivity contribution is 0.0509. The number of ether oxygens (including phenoxy) is 1. The Bertz CT molecular complexity index is 961. The summed E-state index contributed by atoms with van der Waals surface area (Å²) >= 11 is 1.49. The maximum Gasteiger partial charge on any atom is 0.407 e. The number of aromatic nitrogens is 3. The molecule has 1 saturated heterocycles.